The Kier molecular flexibility index (Phi) is 7.01. The molecule has 1 N–H and O–H groups in total. The average Bonchev–Trinajstić information content (AvgIpc) is 3.17. The third kappa shape index (κ3) is 5.65. The second kappa shape index (κ2) is 9.67. The van der Waals surface area contributed by atoms with Gasteiger partial charge in [-0.15, -0.1) is 0 Å². The summed E-state index contributed by atoms with van der Waals surface area (Å²) in [4.78, 5) is 18.1. The van der Waals surface area contributed by atoms with Crippen LogP contribution < -0.4 is 5.32 Å². The minimum Gasteiger partial charge on any atom is -0.468 e. The topological polar surface area (TPSA) is 55.1 Å². The van der Waals surface area contributed by atoms with E-state index in [4.69, 9.17) is 4.42 Å². The van der Waals surface area contributed by atoms with Crippen LogP contribution in [0.2, 0.25) is 0 Å². The number of aryl methyl sites for hydroxylation is 2. The van der Waals surface area contributed by atoms with Crippen LogP contribution in [0.5, 0.6) is 0 Å². The molecule has 0 bridgehead atoms. The summed E-state index contributed by atoms with van der Waals surface area (Å²) in [7, 11) is 0. The number of carbonyl (C=O) groups is 1. The number of benzene rings is 1. The van der Waals surface area contributed by atoms with Crippen molar-refractivity contribution >= 4 is 29.4 Å². The number of amides is 1. The van der Waals surface area contributed by atoms with E-state index in [2.05, 4.69) is 42.3 Å². The van der Waals surface area contributed by atoms with Crippen LogP contribution in [0.15, 0.2) is 69.3 Å². The summed E-state index contributed by atoms with van der Waals surface area (Å²) in [6.45, 7) is 4.76. The Morgan fingerprint density at radius 2 is 2.07 bits per heavy atom. The van der Waals surface area contributed by atoms with E-state index in [1.54, 1.807) is 30.3 Å². The molecule has 1 aromatic carbocycles. The Balaban J connectivity index is 1.56. The van der Waals surface area contributed by atoms with Crippen molar-refractivity contribution in [1.82, 2.24) is 10.3 Å². The normalized spacial score (nSPS) is 10.7. The number of nitrogens with zero attached hydrogens (tertiary/aromatic N) is 1. The first kappa shape index (κ1) is 19.6. The van der Waals surface area contributed by atoms with E-state index in [1.165, 1.54) is 22.9 Å². The number of rotatable bonds is 8. The first-order chi connectivity index (χ1) is 13.1. The SMILES string of the molecule is Cc1ccc(Sc2ncccc2C(=O)NCCSCc2ccco2)c(C)c1. The van der Waals surface area contributed by atoms with Gasteiger partial charge in [-0.1, -0.05) is 29.5 Å². The van der Waals surface area contributed by atoms with Crippen LogP contribution in [0.4, 0.5) is 0 Å². The van der Waals surface area contributed by atoms with E-state index in [0.29, 0.717) is 12.1 Å². The number of carbonyl (C=O) groups excluding carboxylic acids is 1. The van der Waals surface area contributed by atoms with Gasteiger partial charge in [-0.25, -0.2) is 4.98 Å². The van der Waals surface area contributed by atoms with Gasteiger partial charge in [0.2, 0.25) is 0 Å². The lowest BCUT2D eigenvalue weighted by Gasteiger charge is -2.10. The molecule has 0 saturated heterocycles. The Bertz CT molecular complexity index is 895. The lowest BCUT2D eigenvalue weighted by atomic mass is 10.2. The van der Waals surface area contributed by atoms with Gasteiger partial charge < -0.3 is 9.73 Å². The molecule has 0 saturated carbocycles. The van der Waals surface area contributed by atoms with Crippen LogP contribution in [0.1, 0.15) is 27.2 Å². The minimum atomic E-state index is -0.0889. The fourth-order valence-electron chi connectivity index (χ4n) is 2.56. The van der Waals surface area contributed by atoms with Gasteiger partial charge >= 0.3 is 0 Å². The predicted molar refractivity (Wildman–Crippen MR) is 111 cm³/mol. The molecule has 1 amide bonds. The lowest BCUT2D eigenvalue weighted by molar-refractivity contribution is 0.0952. The van der Waals surface area contributed by atoms with Gasteiger partial charge in [0.25, 0.3) is 5.91 Å². The summed E-state index contributed by atoms with van der Waals surface area (Å²) < 4.78 is 5.30. The highest BCUT2D eigenvalue weighted by Crippen LogP contribution is 2.31. The van der Waals surface area contributed by atoms with Crippen molar-refractivity contribution in [2.45, 2.75) is 29.5 Å². The molecule has 0 aliphatic heterocycles. The third-order valence-corrected chi connectivity index (χ3v) is 6.09. The molecule has 3 rings (SSSR count). The Morgan fingerprint density at radius 3 is 2.85 bits per heavy atom. The summed E-state index contributed by atoms with van der Waals surface area (Å²) in [5.41, 5.74) is 3.02. The van der Waals surface area contributed by atoms with Gasteiger partial charge in [-0.3, -0.25) is 4.79 Å². The number of hydrogen-bond acceptors (Lipinski definition) is 5. The maximum atomic E-state index is 12.6. The molecule has 0 unspecified atom stereocenters. The number of nitrogens with one attached hydrogen (secondary N) is 1. The Hall–Kier alpha value is -2.18. The van der Waals surface area contributed by atoms with Crippen molar-refractivity contribution < 1.29 is 9.21 Å². The second-order valence-electron chi connectivity index (χ2n) is 6.11. The lowest BCUT2D eigenvalue weighted by Crippen LogP contribution is -2.26. The highest BCUT2D eigenvalue weighted by atomic mass is 32.2. The van der Waals surface area contributed by atoms with Crippen LogP contribution in [0.25, 0.3) is 0 Å². The van der Waals surface area contributed by atoms with Crippen molar-refractivity contribution in [3.8, 4) is 0 Å². The maximum absolute atomic E-state index is 12.6. The summed E-state index contributed by atoms with van der Waals surface area (Å²) in [5, 5.41) is 3.71. The van der Waals surface area contributed by atoms with Crippen LogP contribution in [-0.2, 0) is 5.75 Å². The molecule has 4 nitrogen and oxygen atoms in total. The molecule has 3 aromatic rings. The highest BCUT2D eigenvalue weighted by molar-refractivity contribution is 7.99. The zero-order valence-corrected chi connectivity index (χ0v) is 17.0. The first-order valence-corrected chi connectivity index (χ1v) is 10.7. The van der Waals surface area contributed by atoms with Crippen LogP contribution in [0.3, 0.4) is 0 Å². The molecule has 0 aliphatic carbocycles. The van der Waals surface area contributed by atoms with Gasteiger partial charge in [0, 0.05) is 23.4 Å². The highest BCUT2D eigenvalue weighted by Gasteiger charge is 2.14. The number of hydrogen-bond donors (Lipinski definition) is 1. The van der Waals surface area contributed by atoms with Crippen molar-refractivity contribution in [1.29, 1.82) is 0 Å². The molecule has 0 radical (unpaired) electrons. The number of pyridine rings is 1. The monoisotopic (exact) mass is 398 g/mol. The van der Waals surface area contributed by atoms with E-state index in [1.807, 2.05) is 18.2 Å². The molecule has 140 valence electrons. The molecule has 0 fully saturated rings. The summed E-state index contributed by atoms with van der Waals surface area (Å²) in [6, 6.07) is 13.8. The molecular weight excluding hydrogens is 376 g/mol. The van der Waals surface area contributed by atoms with Gasteiger partial charge in [0.15, 0.2) is 0 Å². The average molecular weight is 399 g/mol. The molecule has 6 heteroatoms. The smallest absolute Gasteiger partial charge is 0.254 e. The number of furan rings is 1. The van der Waals surface area contributed by atoms with Gasteiger partial charge in [-0.05, 0) is 49.7 Å². The molecule has 0 spiro atoms. The quantitative estimate of drug-likeness (QED) is 0.535. The molecule has 2 aromatic heterocycles. The summed E-state index contributed by atoms with van der Waals surface area (Å²) in [5.74, 6) is 2.50. The van der Waals surface area contributed by atoms with E-state index >= 15 is 0 Å². The van der Waals surface area contributed by atoms with Gasteiger partial charge in [0.05, 0.1) is 17.6 Å². The Labute approximate surface area is 168 Å². The molecular formula is C21H22N2O2S2. The summed E-state index contributed by atoms with van der Waals surface area (Å²) in [6.07, 6.45) is 3.40. The van der Waals surface area contributed by atoms with E-state index in [0.717, 1.165) is 27.2 Å². The maximum Gasteiger partial charge on any atom is 0.254 e. The largest absolute Gasteiger partial charge is 0.468 e. The fraction of sp³-hybridized carbons (Fsp3) is 0.238. The first-order valence-electron chi connectivity index (χ1n) is 8.72. The standard InChI is InChI=1S/C21H22N2O2S2/c1-15-7-8-19(16(2)13-15)27-21-18(6-3-9-23-21)20(24)22-10-12-26-14-17-5-4-11-25-17/h3-9,11,13H,10,12,14H2,1-2H3,(H,22,24). The van der Waals surface area contributed by atoms with E-state index in [-0.39, 0.29) is 5.91 Å². The second-order valence-corrected chi connectivity index (χ2v) is 8.25. The van der Waals surface area contributed by atoms with Gasteiger partial charge in [0.1, 0.15) is 10.8 Å². The fourth-order valence-corrected chi connectivity index (χ4v) is 4.27. The molecule has 2 heterocycles. The predicted octanol–water partition coefficient (Wildman–Crippen LogP) is 5.11. The zero-order chi connectivity index (χ0) is 19.1. The van der Waals surface area contributed by atoms with E-state index < -0.39 is 0 Å². The molecule has 0 aliphatic rings. The number of aromatic nitrogens is 1. The number of thioether (sulfide) groups is 1. The minimum absolute atomic E-state index is 0.0889. The Morgan fingerprint density at radius 1 is 1.19 bits per heavy atom. The van der Waals surface area contributed by atoms with Crippen LogP contribution in [0, 0.1) is 13.8 Å². The van der Waals surface area contributed by atoms with Crippen molar-refractivity contribution in [3.63, 3.8) is 0 Å². The van der Waals surface area contributed by atoms with Gasteiger partial charge in [-0.2, -0.15) is 11.8 Å². The van der Waals surface area contributed by atoms with E-state index in [9.17, 15) is 4.79 Å². The van der Waals surface area contributed by atoms with Crippen LogP contribution >= 0.6 is 23.5 Å². The van der Waals surface area contributed by atoms with Crippen molar-refractivity contribution in [2.24, 2.45) is 0 Å². The molecule has 27 heavy (non-hydrogen) atoms. The van der Waals surface area contributed by atoms with Crippen LogP contribution in [-0.4, -0.2) is 23.2 Å². The third-order valence-electron chi connectivity index (χ3n) is 3.91. The van der Waals surface area contributed by atoms with Crippen molar-refractivity contribution in [2.75, 3.05) is 12.3 Å². The van der Waals surface area contributed by atoms with Crippen molar-refractivity contribution in [3.05, 3.63) is 77.4 Å². The molecule has 0 atom stereocenters. The summed E-state index contributed by atoms with van der Waals surface area (Å²) >= 11 is 3.26. The zero-order valence-electron chi connectivity index (χ0n) is 15.4.